The van der Waals surface area contributed by atoms with Crippen LogP contribution >= 0.6 is 11.8 Å². The van der Waals surface area contributed by atoms with Crippen molar-refractivity contribution < 1.29 is 0 Å². The van der Waals surface area contributed by atoms with E-state index in [2.05, 4.69) is 20.5 Å². The van der Waals surface area contributed by atoms with Gasteiger partial charge in [-0.15, -0.1) is 10.2 Å². The van der Waals surface area contributed by atoms with E-state index in [0.717, 1.165) is 23.0 Å². The van der Waals surface area contributed by atoms with Crippen molar-refractivity contribution in [3.05, 3.63) is 18.2 Å². The van der Waals surface area contributed by atoms with Gasteiger partial charge in [-0.05, 0) is 19.1 Å². The fourth-order valence-electron chi connectivity index (χ4n) is 1.89. The summed E-state index contributed by atoms with van der Waals surface area (Å²) in [5.74, 6) is 4.11. The van der Waals surface area contributed by atoms with Gasteiger partial charge in [-0.25, -0.2) is 4.98 Å². The summed E-state index contributed by atoms with van der Waals surface area (Å²) in [4.78, 5) is 4.34. The number of aromatic nitrogens is 4. The van der Waals surface area contributed by atoms with E-state index in [1.165, 1.54) is 12.2 Å². The molecule has 1 fully saturated rings. The van der Waals surface area contributed by atoms with Crippen LogP contribution in [0.4, 0.5) is 5.82 Å². The molecule has 5 nitrogen and oxygen atoms in total. The second kappa shape index (κ2) is 3.93. The van der Waals surface area contributed by atoms with E-state index in [0.29, 0.717) is 6.04 Å². The number of thioether (sulfide) groups is 1. The molecule has 84 valence electrons. The molecule has 1 aliphatic rings. The number of hydrogen-bond acceptors (Lipinski definition) is 5. The first-order valence-electron chi connectivity index (χ1n) is 5.35. The van der Waals surface area contributed by atoms with Crippen LogP contribution in [0, 0.1) is 6.92 Å². The van der Waals surface area contributed by atoms with Gasteiger partial charge in [-0.2, -0.15) is 11.8 Å². The summed E-state index contributed by atoms with van der Waals surface area (Å²) in [5, 5.41) is 11.6. The van der Waals surface area contributed by atoms with Gasteiger partial charge in [-0.3, -0.25) is 4.40 Å². The van der Waals surface area contributed by atoms with Crippen molar-refractivity contribution in [2.75, 3.05) is 16.8 Å². The molecular weight excluding hydrogens is 222 g/mol. The van der Waals surface area contributed by atoms with Crippen molar-refractivity contribution in [3.8, 4) is 0 Å². The molecule has 3 rings (SSSR count). The standard InChI is InChI=1S/C10H13N5S/c1-7-13-14-10-9(11-3-4-15(7)10)12-8-2-5-16-6-8/h3-4,8H,2,5-6H2,1H3,(H,11,12). The number of nitrogens with one attached hydrogen (secondary N) is 1. The van der Waals surface area contributed by atoms with Crippen LogP contribution in [-0.4, -0.2) is 37.1 Å². The first-order valence-corrected chi connectivity index (χ1v) is 6.50. The SMILES string of the molecule is Cc1nnc2c(NC3CCSC3)nccn12. The second-order valence-electron chi connectivity index (χ2n) is 3.92. The van der Waals surface area contributed by atoms with E-state index in [4.69, 9.17) is 0 Å². The maximum absolute atomic E-state index is 4.34. The zero-order chi connectivity index (χ0) is 11.0. The maximum Gasteiger partial charge on any atom is 0.203 e. The fraction of sp³-hybridized carbons (Fsp3) is 0.500. The average molecular weight is 235 g/mol. The lowest BCUT2D eigenvalue weighted by Crippen LogP contribution is -2.19. The van der Waals surface area contributed by atoms with Gasteiger partial charge in [0.1, 0.15) is 5.82 Å². The third kappa shape index (κ3) is 1.63. The summed E-state index contributed by atoms with van der Waals surface area (Å²) in [6, 6.07) is 0.515. The normalized spacial score (nSPS) is 20.4. The number of fused-ring (bicyclic) bond motifs is 1. The van der Waals surface area contributed by atoms with Crippen molar-refractivity contribution >= 4 is 23.2 Å². The fourth-order valence-corrected chi connectivity index (χ4v) is 3.04. The molecular formula is C10H13N5S. The quantitative estimate of drug-likeness (QED) is 0.851. The molecule has 0 aromatic carbocycles. The van der Waals surface area contributed by atoms with Crippen molar-refractivity contribution in [1.29, 1.82) is 0 Å². The Morgan fingerprint density at radius 3 is 3.25 bits per heavy atom. The molecule has 0 amide bonds. The smallest absolute Gasteiger partial charge is 0.203 e. The highest BCUT2D eigenvalue weighted by Crippen LogP contribution is 2.22. The van der Waals surface area contributed by atoms with Crippen molar-refractivity contribution in [2.45, 2.75) is 19.4 Å². The third-order valence-corrected chi connectivity index (χ3v) is 3.93. The van der Waals surface area contributed by atoms with Gasteiger partial charge >= 0.3 is 0 Å². The van der Waals surface area contributed by atoms with E-state index in [1.807, 2.05) is 29.3 Å². The summed E-state index contributed by atoms with van der Waals surface area (Å²) in [5.41, 5.74) is 0.817. The van der Waals surface area contributed by atoms with Crippen LogP contribution in [0.3, 0.4) is 0 Å². The minimum absolute atomic E-state index is 0.515. The number of nitrogens with zero attached hydrogens (tertiary/aromatic N) is 4. The van der Waals surface area contributed by atoms with Crippen LogP contribution in [0.15, 0.2) is 12.4 Å². The largest absolute Gasteiger partial charge is 0.363 e. The lowest BCUT2D eigenvalue weighted by Gasteiger charge is -2.11. The lowest BCUT2D eigenvalue weighted by atomic mass is 10.2. The molecule has 0 bridgehead atoms. The second-order valence-corrected chi connectivity index (χ2v) is 5.07. The van der Waals surface area contributed by atoms with E-state index in [9.17, 15) is 0 Å². The van der Waals surface area contributed by atoms with Gasteiger partial charge in [0, 0.05) is 24.2 Å². The van der Waals surface area contributed by atoms with Gasteiger partial charge in [0.15, 0.2) is 5.82 Å². The monoisotopic (exact) mass is 235 g/mol. The maximum atomic E-state index is 4.34. The van der Waals surface area contributed by atoms with E-state index >= 15 is 0 Å². The highest BCUT2D eigenvalue weighted by molar-refractivity contribution is 7.99. The minimum atomic E-state index is 0.515. The molecule has 1 unspecified atom stereocenters. The molecule has 2 aromatic rings. The predicted octanol–water partition coefficient (Wildman–Crippen LogP) is 1.35. The highest BCUT2D eigenvalue weighted by atomic mass is 32.2. The zero-order valence-corrected chi connectivity index (χ0v) is 9.87. The molecule has 1 aliphatic heterocycles. The highest BCUT2D eigenvalue weighted by Gasteiger charge is 2.17. The summed E-state index contributed by atoms with van der Waals surface area (Å²) < 4.78 is 1.96. The number of rotatable bonds is 2. The van der Waals surface area contributed by atoms with Gasteiger partial charge in [0.25, 0.3) is 0 Å². The Bertz CT molecular complexity index is 503. The molecule has 3 heterocycles. The Kier molecular flexibility index (Phi) is 2.43. The Hall–Kier alpha value is -1.30. The minimum Gasteiger partial charge on any atom is -0.363 e. The first-order chi connectivity index (χ1) is 7.84. The summed E-state index contributed by atoms with van der Waals surface area (Å²) in [7, 11) is 0. The molecule has 1 saturated heterocycles. The van der Waals surface area contributed by atoms with Crippen LogP contribution in [0.1, 0.15) is 12.2 Å². The first kappa shape index (κ1) is 9.89. The van der Waals surface area contributed by atoms with Crippen LogP contribution < -0.4 is 5.32 Å². The van der Waals surface area contributed by atoms with Gasteiger partial charge < -0.3 is 5.32 Å². The Morgan fingerprint density at radius 2 is 2.44 bits per heavy atom. The molecule has 6 heteroatoms. The van der Waals surface area contributed by atoms with Crippen molar-refractivity contribution in [3.63, 3.8) is 0 Å². The topological polar surface area (TPSA) is 55.1 Å². The predicted molar refractivity (Wildman–Crippen MR) is 64.9 cm³/mol. The molecule has 0 radical (unpaired) electrons. The Morgan fingerprint density at radius 1 is 1.50 bits per heavy atom. The third-order valence-electron chi connectivity index (χ3n) is 2.77. The number of aryl methyl sites for hydroxylation is 1. The van der Waals surface area contributed by atoms with Crippen molar-refractivity contribution in [2.24, 2.45) is 0 Å². The van der Waals surface area contributed by atoms with E-state index < -0.39 is 0 Å². The van der Waals surface area contributed by atoms with Gasteiger partial charge in [0.05, 0.1) is 0 Å². The van der Waals surface area contributed by atoms with Gasteiger partial charge in [-0.1, -0.05) is 0 Å². The van der Waals surface area contributed by atoms with Crippen LogP contribution in [0.5, 0.6) is 0 Å². The van der Waals surface area contributed by atoms with Crippen molar-refractivity contribution in [1.82, 2.24) is 19.6 Å². The molecule has 1 atom stereocenters. The molecule has 2 aromatic heterocycles. The molecule has 0 spiro atoms. The Labute approximate surface area is 97.7 Å². The molecule has 16 heavy (non-hydrogen) atoms. The Balaban J connectivity index is 1.96. The van der Waals surface area contributed by atoms with Gasteiger partial charge in [0.2, 0.25) is 5.65 Å². The molecule has 0 aliphatic carbocycles. The number of hydrogen-bond donors (Lipinski definition) is 1. The molecule has 1 N–H and O–H groups in total. The van der Waals surface area contributed by atoms with E-state index in [1.54, 1.807) is 6.20 Å². The van der Waals surface area contributed by atoms with Crippen LogP contribution in [-0.2, 0) is 0 Å². The summed E-state index contributed by atoms with van der Waals surface area (Å²) in [6.45, 7) is 1.94. The summed E-state index contributed by atoms with van der Waals surface area (Å²) in [6.07, 6.45) is 4.87. The zero-order valence-electron chi connectivity index (χ0n) is 9.05. The van der Waals surface area contributed by atoms with E-state index in [-0.39, 0.29) is 0 Å². The lowest BCUT2D eigenvalue weighted by molar-refractivity contribution is 0.806. The number of anilines is 1. The summed E-state index contributed by atoms with van der Waals surface area (Å²) >= 11 is 1.98. The average Bonchev–Trinajstić information content (AvgIpc) is 2.90. The molecule has 0 saturated carbocycles. The van der Waals surface area contributed by atoms with Crippen LogP contribution in [0.2, 0.25) is 0 Å². The van der Waals surface area contributed by atoms with Crippen LogP contribution in [0.25, 0.3) is 5.65 Å².